The summed E-state index contributed by atoms with van der Waals surface area (Å²) in [6.45, 7) is 3.11. The van der Waals surface area contributed by atoms with Crippen LogP contribution in [0.25, 0.3) is 11.3 Å². The van der Waals surface area contributed by atoms with Crippen molar-refractivity contribution in [3.8, 4) is 11.3 Å². The first kappa shape index (κ1) is 17.0. The lowest BCUT2D eigenvalue weighted by Crippen LogP contribution is -2.55. The Hall–Kier alpha value is -2.40. The molecule has 0 radical (unpaired) electrons. The lowest BCUT2D eigenvalue weighted by atomic mass is 9.90. The Morgan fingerprint density at radius 2 is 2.04 bits per heavy atom. The molecule has 1 amide bonds. The fourth-order valence-corrected chi connectivity index (χ4v) is 4.13. The molecule has 2 fully saturated rings. The Bertz CT molecular complexity index is 872. The highest BCUT2D eigenvalue weighted by Crippen LogP contribution is 2.29. The molecule has 2 aromatic rings. The van der Waals surface area contributed by atoms with Crippen LogP contribution in [0.5, 0.6) is 0 Å². The van der Waals surface area contributed by atoms with E-state index in [2.05, 4.69) is 4.98 Å². The number of nitrogens with zero attached hydrogens (tertiary/aromatic N) is 1. The molecule has 1 aliphatic carbocycles. The molecule has 5 heteroatoms. The third kappa shape index (κ3) is 3.19. The van der Waals surface area contributed by atoms with Crippen LogP contribution in [0.3, 0.4) is 0 Å². The Labute approximate surface area is 153 Å². The number of morpholine rings is 1. The molecule has 1 aromatic heterocycles. The van der Waals surface area contributed by atoms with E-state index in [-0.39, 0.29) is 29.2 Å². The Morgan fingerprint density at radius 1 is 1.19 bits per heavy atom. The number of fused-ring (bicyclic) bond motifs is 1. The molecule has 0 spiro atoms. The predicted molar refractivity (Wildman–Crippen MR) is 100 cm³/mol. The normalized spacial score (nSPS) is 22.7. The number of carbonyl (C=O) groups excluding carboxylic acids is 1. The first-order valence-electron chi connectivity index (χ1n) is 9.36. The summed E-state index contributed by atoms with van der Waals surface area (Å²) in [5, 5.41) is 0. The van der Waals surface area contributed by atoms with Gasteiger partial charge < -0.3 is 14.6 Å². The number of aromatic amines is 1. The van der Waals surface area contributed by atoms with Crippen LogP contribution < -0.4 is 5.56 Å². The number of aromatic nitrogens is 1. The first-order valence-corrected chi connectivity index (χ1v) is 9.36. The second-order valence-corrected chi connectivity index (χ2v) is 7.24. The molecule has 1 aromatic carbocycles. The maximum atomic E-state index is 13.0. The predicted octanol–water partition coefficient (Wildman–Crippen LogP) is 3.13. The molecular formula is C21H24N2O3. The second kappa shape index (κ2) is 7.08. The van der Waals surface area contributed by atoms with Crippen LogP contribution in [0.1, 0.15) is 41.6 Å². The van der Waals surface area contributed by atoms with Crippen molar-refractivity contribution in [2.75, 3.05) is 13.2 Å². The molecule has 26 heavy (non-hydrogen) atoms. The van der Waals surface area contributed by atoms with Gasteiger partial charge in [-0.3, -0.25) is 9.59 Å². The van der Waals surface area contributed by atoms with E-state index >= 15 is 0 Å². The number of hydrogen-bond acceptors (Lipinski definition) is 3. The number of aryl methyl sites for hydroxylation is 1. The van der Waals surface area contributed by atoms with Gasteiger partial charge >= 0.3 is 0 Å². The average Bonchev–Trinajstić information content (AvgIpc) is 2.67. The van der Waals surface area contributed by atoms with Gasteiger partial charge in [0.25, 0.3) is 11.5 Å². The van der Waals surface area contributed by atoms with E-state index < -0.39 is 0 Å². The number of carbonyl (C=O) groups is 1. The summed E-state index contributed by atoms with van der Waals surface area (Å²) in [5.74, 6) is -0.178. The van der Waals surface area contributed by atoms with Gasteiger partial charge in [-0.15, -0.1) is 0 Å². The van der Waals surface area contributed by atoms with Crippen molar-refractivity contribution in [2.45, 2.75) is 44.8 Å². The zero-order valence-electron chi connectivity index (χ0n) is 15.0. The van der Waals surface area contributed by atoms with Crippen LogP contribution in [-0.2, 0) is 4.74 Å². The van der Waals surface area contributed by atoms with Crippen LogP contribution in [0.2, 0.25) is 0 Å². The molecule has 5 nitrogen and oxygen atoms in total. The molecular weight excluding hydrogens is 328 g/mol. The second-order valence-electron chi connectivity index (χ2n) is 7.24. The van der Waals surface area contributed by atoms with E-state index in [1.807, 2.05) is 42.2 Å². The first-order chi connectivity index (χ1) is 12.6. The van der Waals surface area contributed by atoms with Crippen molar-refractivity contribution in [3.63, 3.8) is 0 Å². The monoisotopic (exact) mass is 352 g/mol. The van der Waals surface area contributed by atoms with Crippen LogP contribution >= 0.6 is 0 Å². The van der Waals surface area contributed by atoms with E-state index in [9.17, 15) is 9.59 Å². The summed E-state index contributed by atoms with van der Waals surface area (Å²) in [5.41, 5.74) is 2.69. The lowest BCUT2D eigenvalue weighted by molar-refractivity contribution is -0.0753. The van der Waals surface area contributed by atoms with Gasteiger partial charge in [0.05, 0.1) is 18.8 Å². The molecule has 136 valence electrons. The highest BCUT2D eigenvalue weighted by molar-refractivity contribution is 5.94. The van der Waals surface area contributed by atoms with Crippen LogP contribution in [0.4, 0.5) is 0 Å². The standard InChI is InChI=1S/C21H24N2O3/c1-14-5-4-6-15(13-14)17-10-9-16(20(24)22-17)21(25)23-11-12-26-19-8-3-2-7-18(19)23/h4-6,9-10,13,18-19H,2-3,7-8,11-12H2,1H3,(H,22,24)/t18-,19+/m1/s1. The molecule has 1 N–H and O–H groups in total. The number of amides is 1. The zero-order valence-corrected chi connectivity index (χ0v) is 15.0. The Morgan fingerprint density at radius 3 is 2.85 bits per heavy atom. The summed E-state index contributed by atoms with van der Waals surface area (Å²) in [4.78, 5) is 30.4. The molecule has 2 heterocycles. The van der Waals surface area contributed by atoms with Crippen LogP contribution in [0, 0.1) is 6.92 Å². The number of benzene rings is 1. The van der Waals surface area contributed by atoms with Crippen molar-refractivity contribution in [1.82, 2.24) is 9.88 Å². The highest BCUT2D eigenvalue weighted by Gasteiger charge is 2.37. The SMILES string of the molecule is Cc1cccc(-c2ccc(C(=O)N3CCO[C@H]4CCCC[C@H]43)c(=O)[nH]2)c1. The van der Waals surface area contributed by atoms with Gasteiger partial charge in [-0.2, -0.15) is 0 Å². The van der Waals surface area contributed by atoms with E-state index in [0.29, 0.717) is 13.2 Å². The maximum Gasteiger partial charge on any atom is 0.261 e. The molecule has 2 aliphatic rings. The van der Waals surface area contributed by atoms with Crippen molar-refractivity contribution in [3.05, 3.63) is 57.9 Å². The maximum absolute atomic E-state index is 13.0. The van der Waals surface area contributed by atoms with E-state index in [4.69, 9.17) is 4.74 Å². The molecule has 1 saturated carbocycles. The third-order valence-corrected chi connectivity index (χ3v) is 5.46. The van der Waals surface area contributed by atoms with Gasteiger partial charge in [-0.25, -0.2) is 0 Å². The minimum absolute atomic E-state index is 0.0980. The molecule has 4 rings (SSSR count). The fourth-order valence-electron chi connectivity index (χ4n) is 4.13. The lowest BCUT2D eigenvalue weighted by Gasteiger charge is -2.43. The summed E-state index contributed by atoms with van der Waals surface area (Å²) in [7, 11) is 0. The fraction of sp³-hybridized carbons (Fsp3) is 0.429. The van der Waals surface area contributed by atoms with Crippen LogP contribution in [-0.4, -0.2) is 41.1 Å². The topological polar surface area (TPSA) is 62.4 Å². The summed E-state index contributed by atoms with van der Waals surface area (Å²) >= 11 is 0. The largest absolute Gasteiger partial charge is 0.374 e. The summed E-state index contributed by atoms with van der Waals surface area (Å²) in [6, 6.07) is 11.5. The van der Waals surface area contributed by atoms with Crippen LogP contribution in [0.15, 0.2) is 41.2 Å². The van der Waals surface area contributed by atoms with Gasteiger partial charge in [-0.05, 0) is 43.5 Å². The van der Waals surface area contributed by atoms with Crippen molar-refractivity contribution >= 4 is 5.91 Å². The summed E-state index contributed by atoms with van der Waals surface area (Å²) < 4.78 is 5.84. The Balaban J connectivity index is 1.61. The zero-order chi connectivity index (χ0) is 18.1. The quantitative estimate of drug-likeness (QED) is 0.903. The number of ether oxygens (including phenoxy) is 1. The molecule has 2 atom stereocenters. The van der Waals surface area contributed by atoms with Crippen molar-refractivity contribution in [2.24, 2.45) is 0 Å². The molecule has 0 bridgehead atoms. The number of rotatable bonds is 2. The smallest absolute Gasteiger partial charge is 0.261 e. The van der Waals surface area contributed by atoms with Crippen molar-refractivity contribution < 1.29 is 9.53 Å². The number of hydrogen-bond donors (Lipinski definition) is 1. The van der Waals surface area contributed by atoms with E-state index in [0.717, 1.165) is 42.5 Å². The van der Waals surface area contributed by atoms with Gasteiger partial charge in [0.15, 0.2) is 0 Å². The molecule has 1 aliphatic heterocycles. The van der Waals surface area contributed by atoms with Gasteiger partial charge in [0, 0.05) is 12.2 Å². The number of nitrogens with one attached hydrogen (secondary N) is 1. The van der Waals surface area contributed by atoms with Gasteiger partial charge in [0.1, 0.15) is 5.56 Å². The number of pyridine rings is 1. The summed E-state index contributed by atoms with van der Waals surface area (Å²) in [6.07, 6.45) is 4.32. The number of H-pyrrole nitrogens is 1. The highest BCUT2D eigenvalue weighted by atomic mass is 16.5. The van der Waals surface area contributed by atoms with Crippen molar-refractivity contribution in [1.29, 1.82) is 0 Å². The van der Waals surface area contributed by atoms with E-state index in [1.165, 1.54) is 0 Å². The average molecular weight is 352 g/mol. The van der Waals surface area contributed by atoms with Gasteiger partial charge in [0.2, 0.25) is 0 Å². The minimum atomic E-state index is -0.326. The third-order valence-electron chi connectivity index (χ3n) is 5.46. The molecule has 1 saturated heterocycles. The van der Waals surface area contributed by atoms with E-state index in [1.54, 1.807) is 6.07 Å². The Kier molecular flexibility index (Phi) is 4.64. The molecule has 0 unspecified atom stereocenters. The minimum Gasteiger partial charge on any atom is -0.374 e. The van der Waals surface area contributed by atoms with Gasteiger partial charge in [-0.1, -0.05) is 36.6 Å².